The van der Waals surface area contributed by atoms with Gasteiger partial charge in [-0.2, -0.15) is 13.2 Å². The van der Waals surface area contributed by atoms with E-state index in [9.17, 15) is 18.0 Å². The standard InChI is InChI=1S/C21H22F3N3O3/c1-12-7-15(27-9-13(2)30-19(10-27)21(22,23)24)4-6-16(12)25-14-3-5-17-18(8-14)29-11-20(28)26-17/h3-8,13,19,25H,9-11H2,1-2H3,(H,26,28). The normalized spacial score (nSPS) is 21.5. The molecule has 9 heteroatoms. The van der Waals surface area contributed by atoms with Crippen molar-refractivity contribution in [2.45, 2.75) is 32.2 Å². The Labute approximate surface area is 172 Å². The minimum absolute atomic E-state index is 0.0267. The van der Waals surface area contributed by atoms with Crippen LogP contribution in [0.1, 0.15) is 12.5 Å². The predicted molar refractivity (Wildman–Crippen MR) is 108 cm³/mol. The van der Waals surface area contributed by atoms with E-state index in [1.54, 1.807) is 30.0 Å². The van der Waals surface area contributed by atoms with Gasteiger partial charge in [-0.05, 0) is 49.7 Å². The van der Waals surface area contributed by atoms with Gasteiger partial charge < -0.3 is 25.0 Å². The van der Waals surface area contributed by atoms with E-state index in [1.165, 1.54) is 0 Å². The molecule has 2 unspecified atom stereocenters. The van der Waals surface area contributed by atoms with E-state index in [1.807, 2.05) is 25.1 Å². The van der Waals surface area contributed by atoms with Crippen molar-refractivity contribution >= 4 is 28.7 Å². The SMILES string of the molecule is Cc1cc(N2CC(C)OC(C(F)(F)F)C2)ccc1Nc1ccc2c(c1)OCC(=O)N2. The number of halogens is 3. The van der Waals surface area contributed by atoms with E-state index in [4.69, 9.17) is 9.47 Å². The zero-order valence-electron chi connectivity index (χ0n) is 16.5. The highest BCUT2D eigenvalue weighted by molar-refractivity contribution is 5.95. The molecule has 2 aliphatic heterocycles. The number of rotatable bonds is 3. The Morgan fingerprint density at radius 3 is 2.70 bits per heavy atom. The van der Waals surface area contributed by atoms with Crippen molar-refractivity contribution in [2.75, 3.05) is 35.2 Å². The van der Waals surface area contributed by atoms with E-state index in [0.29, 0.717) is 18.0 Å². The molecule has 0 spiro atoms. The van der Waals surface area contributed by atoms with Crippen LogP contribution in [0.25, 0.3) is 0 Å². The summed E-state index contributed by atoms with van der Waals surface area (Å²) in [5, 5.41) is 6.03. The molecule has 160 valence electrons. The first-order chi connectivity index (χ1) is 14.2. The number of nitrogens with zero attached hydrogens (tertiary/aromatic N) is 1. The Morgan fingerprint density at radius 1 is 1.17 bits per heavy atom. The third-order valence-corrected chi connectivity index (χ3v) is 5.09. The van der Waals surface area contributed by atoms with Crippen LogP contribution < -0.4 is 20.3 Å². The monoisotopic (exact) mass is 421 g/mol. The molecule has 0 aromatic heterocycles. The number of aryl methyl sites for hydroxylation is 1. The fourth-order valence-electron chi connectivity index (χ4n) is 3.64. The summed E-state index contributed by atoms with van der Waals surface area (Å²) in [6.07, 6.45) is -6.70. The van der Waals surface area contributed by atoms with Gasteiger partial charge in [-0.1, -0.05) is 0 Å². The summed E-state index contributed by atoms with van der Waals surface area (Å²) in [4.78, 5) is 13.1. The van der Waals surface area contributed by atoms with Gasteiger partial charge in [0, 0.05) is 29.7 Å². The average molecular weight is 421 g/mol. The number of hydrogen-bond donors (Lipinski definition) is 2. The quantitative estimate of drug-likeness (QED) is 0.777. The van der Waals surface area contributed by atoms with Crippen molar-refractivity contribution in [3.63, 3.8) is 0 Å². The van der Waals surface area contributed by atoms with E-state index >= 15 is 0 Å². The maximum absolute atomic E-state index is 13.1. The minimum Gasteiger partial charge on any atom is -0.482 e. The van der Waals surface area contributed by atoms with Gasteiger partial charge in [0.2, 0.25) is 0 Å². The molecule has 0 saturated carbocycles. The fraction of sp³-hybridized carbons (Fsp3) is 0.381. The van der Waals surface area contributed by atoms with Gasteiger partial charge in [0.25, 0.3) is 5.91 Å². The first-order valence-electron chi connectivity index (χ1n) is 9.60. The van der Waals surface area contributed by atoms with Gasteiger partial charge >= 0.3 is 6.18 Å². The first kappa shape index (κ1) is 20.3. The lowest BCUT2D eigenvalue weighted by molar-refractivity contribution is -0.233. The largest absolute Gasteiger partial charge is 0.482 e. The molecule has 2 N–H and O–H groups in total. The van der Waals surface area contributed by atoms with Crippen LogP contribution in [0.15, 0.2) is 36.4 Å². The van der Waals surface area contributed by atoms with Gasteiger partial charge in [-0.25, -0.2) is 0 Å². The van der Waals surface area contributed by atoms with Crippen LogP contribution in [0.2, 0.25) is 0 Å². The van der Waals surface area contributed by atoms with Crippen molar-refractivity contribution in [3.05, 3.63) is 42.0 Å². The smallest absolute Gasteiger partial charge is 0.416 e. The highest BCUT2D eigenvalue weighted by atomic mass is 19.4. The van der Waals surface area contributed by atoms with Gasteiger partial charge in [0.15, 0.2) is 12.7 Å². The third-order valence-electron chi connectivity index (χ3n) is 5.09. The molecule has 1 amide bonds. The van der Waals surface area contributed by atoms with Gasteiger partial charge in [0.05, 0.1) is 18.3 Å². The molecule has 2 aromatic carbocycles. The number of hydrogen-bond acceptors (Lipinski definition) is 5. The predicted octanol–water partition coefficient (Wildman–Crippen LogP) is 4.23. The second kappa shape index (κ2) is 7.71. The lowest BCUT2D eigenvalue weighted by Crippen LogP contribution is -2.52. The Kier molecular flexibility index (Phi) is 5.23. The number of amides is 1. The minimum atomic E-state index is -4.39. The van der Waals surface area contributed by atoms with Gasteiger partial charge in [-0.15, -0.1) is 0 Å². The van der Waals surface area contributed by atoms with Crippen molar-refractivity contribution in [1.29, 1.82) is 0 Å². The second-order valence-corrected chi connectivity index (χ2v) is 7.55. The molecule has 30 heavy (non-hydrogen) atoms. The van der Waals surface area contributed by atoms with Crippen LogP contribution in [-0.2, 0) is 9.53 Å². The summed E-state index contributed by atoms with van der Waals surface area (Å²) in [7, 11) is 0. The van der Waals surface area contributed by atoms with E-state index < -0.39 is 18.4 Å². The Hall–Kier alpha value is -2.94. The molecule has 0 aliphatic carbocycles. The molecule has 2 atom stereocenters. The molecule has 2 heterocycles. The number of benzene rings is 2. The van der Waals surface area contributed by atoms with Crippen LogP contribution in [0.3, 0.4) is 0 Å². The lowest BCUT2D eigenvalue weighted by atomic mass is 10.1. The van der Waals surface area contributed by atoms with Crippen molar-refractivity contribution in [3.8, 4) is 5.75 Å². The van der Waals surface area contributed by atoms with Crippen LogP contribution in [0, 0.1) is 6.92 Å². The third kappa shape index (κ3) is 4.30. The topological polar surface area (TPSA) is 62.8 Å². The molecule has 2 aliphatic rings. The molecule has 0 bridgehead atoms. The van der Waals surface area contributed by atoms with E-state index in [-0.39, 0.29) is 19.1 Å². The number of ether oxygens (including phenoxy) is 2. The molecule has 0 radical (unpaired) electrons. The highest BCUT2D eigenvalue weighted by Gasteiger charge is 2.45. The van der Waals surface area contributed by atoms with Gasteiger partial charge in [-0.3, -0.25) is 4.79 Å². The molecular weight excluding hydrogens is 399 g/mol. The maximum atomic E-state index is 13.1. The van der Waals surface area contributed by atoms with Gasteiger partial charge in [0.1, 0.15) is 5.75 Å². The van der Waals surface area contributed by atoms with Crippen molar-refractivity contribution in [2.24, 2.45) is 0 Å². The van der Waals surface area contributed by atoms with Crippen LogP contribution in [-0.4, -0.2) is 44.0 Å². The lowest BCUT2D eigenvalue weighted by Gasteiger charge is -2.39. The Balaban J connectivity index is 1.50. The number of alkyl halides is 3. The number of carbonyl (C=O) groups excluding carboxylic acids is 1. The number of anilines is 4. The number of carbonyl (C=O) groups is 1. The number of morpholine rings is 1. The van der Waals surface area contributed by atoms with Crippen LogP contribution >= 0.6 is 0 Å². The average Bonchev–Trinajstić information content (AvgIpc) is 2.68. The fourth-order valence-corrected chi connectivity index (χ4v) is 3.64. The zero-order chi connectivity index (χ0) is 21.5. The first-order valence-corrected chi connectivity index (χ1v) is 9.60. The number of fused-ring (bicyclic) bond motifs is 1. The van der Waals surface area contributed by atoms with Crippen molar-refractivity contribution < 1.29 is 27.4 Å². The summed E-state index contributed by atoms with van der Waals surface area (Å²) in [5.41, 5.74) is 3.83. The molecule has 4 rings (SSSR count). The summed E-state index contributed by atoms with van der Waals surface area (Å²) in [6, 6.07) is 10.9. The zero-order valence-corrected chi connectivity index (χ0v) is 16.5. The Morgan fingerprint density at radius 2 is 1.97 bits per heavy atom. The van der Waals surface area contributed by atoms with E-state index in [0.717, 1.165) is 22.6 Å². The maximum Gasteiger partial charge on any atom is 0.416 e. The molecule has 2 aromatic rings. The van der Waals surface area contributed by atoms with Crippen LogP contribution in [0.5, 0.6) is 5.75 Å². The summed E-state index contributed by atoms with van der Waals surface area (Å²) in [5.74, 6) is 0.384. The molecule has 6 nitrogen and oxygen atoms in total. The highest BCUT2D eigenvalue weighted by Crippen LogP contribution is 2.34. The number of nitrogens with one attached hydrogen (secondary N) is 2. The molecular formula is C21H22F3N3O3. The Bertz CT molecular complexity index is 964. The summed E-state index contributed by atoms with van der Waals surface area (Å²) >= 11 is 0. The van der Waals surface area contributed by atoms with Crippen molar-refractivity contribution in [1.82, 2.24) is 0 Å². The van der Waals surface area contributed by atoms with Crippen LogP contribution in [0.4, 0.5) is 35.9 Å². The van der Waals surface area contributed by atoms with E-state index in [2.05, 4.69) is 10.6 Å². The second-order valence-electron chi connectivity index (χ2n) is 7.55. The summed E-state index contributed by atoms with van der Waals surface area (Å²) < 4.78 is 49.9. The molecule has 1 fully saturated rings. The summed E-state index contributed by atoms with van der Waals surface area (Å²) in [6.45, 7) is 3.68. The molecule has 1 saturated heterocycles.